The Balaban J connectivity index is 1.77. The number of ether oxygens (including phenoxy) is 1. The number of benzene rings is 2. The van der Waals surface area contributed by atoms with Gasteiger partial charge in [0.25, 0.3) is 0 Å². The second kappa shape index (κ2) is 9.49. The van der Waals surface area contributed by atoms with Crippen molar-refractivity contribution in [2.75, 3.05) is 25.1 Å². The van der Waals surface area contributed by atoms with Crippen molar-refractivity contribution in [3.63, 3.8) is 0 Å². The normalized spacial score (nSPS) is 18.9. The van der Waals surface area contributed by atoms with E-state index in [0.29, 0.717) is 0 Å². The molecule has 2 aliphatic heterocycles. The summed E-state index contributed by atoms with van der Waals surface area (Å²) in [6, 6.07) is 12.5. The predicted molar refractivity (Wildman–Crippen MR) is 146 cm³/mol. The van der Waals surface area contributed by atoms with Gasteiger partial charge in [-0.1, -0.05) is 33.8 Å². The Morgan fingerprint density at radius 1 is 0.971 bits per heavy atom. The summed E-state index contributed by atoms with van der Waals surface area (Å²) in [7, 11) is 1.73. The zero-order chi connectivity index (χ0) is 25.4. The van der Waals surface area contributed by atoms with Gasteiger partial charge in [-0.2, -0.15) is 4.58 Å². The Bertz CT molecular complexity index is 1230. The van der Waals surface area contributed by atoms with Crippen LogP contribution in [0.1, 0.15) is 75.9 Å². The summed E-state index contributed by atoms with van der Waals surface area (Å²) < 4.78 is 7.99. The number of fused-ring (bicyclic) bond motifs is 2. The maximum absolute atomic E-state index is 11.4. The second-order valence-electron chi connectivity index (χ2n) is 10.6. The van der Waals surface area contributed by atoms with E-state index in [4.69, 9.17) is 4.74 Å². The quantitative estimate of drug-likeness (QED) is 0.309. The Kier molecular flexibility index (Phi) is 6.77. The molecule has 0 N–H and O–H groups in total. The zero-order valence-corrected chi connectivity index (χ0v) is 22.3. The van der Waals surface area contributed by atoms with Crippen molar-refractivity contribution in [3.05, 3.63) is 77.0 Å². The summed E-state index contributed by atoms with van der Waals surface area (Å²) >= 11 is 0. The molecule has 2 aliphatic rings. The van der Waals surface area contributed by atoms with Crippen LogP contribution in [0.2, 0.25) is 0 Å². The molecule has 0 saturated carbocycles. The van der Waals surface area contributed by atoms with Gasteiger partial charge in [0.05, 0.1) is 12.5 Å². The molecule has 35 heavy (non-hydrogen) atoms. The van der Waals surface area contributed by atoms with Crippen LogP contribution in [0.25, 0.3) is 0 Å². The summed E-state index contributed by atoms with van der Waals surface area (Å²) in [6.45, 7) is 15.5. The first-order valence-electron chi connectivity index (χ1n) is 12.8. The third-order valence-corrected chi connectivity index (χ3v) is 7.55. The van der Waals surface area contributed by atoms with Crippen LogP contribution in [-0.4, -0.2) is 36.8 Å². The van der Waals surface area contributed by atoms with Crippen LogP contribution >= 0.6 is 0 Å². The summed E-state index contributed by atoms with van der Waals surface area (Å²) in [5, 5.41) is 0. The van der Waals surface area contributed by atoms with E-state index in [1.807, 2.05) is 6.07 Å². The van der Waals surface area contributed by atoms with Gasteiger partial charge in [0, 0.05) is 53.0 Å². The molecule has 2 heterocycles. The van der Waals surface area contributed by atoms with E-state index < -0.39 is 0 Å². The van der Waals surface area contributed by atoms with Gasteiger partial charge >= 0.3 is 0 Å². The summed E-state index contributed by atoms with van der Waals surface area (Å²) in [5.41, 5.74) is 8.01. The molecule has 4 nitrogen and oxygen atoms in total. The number of hydrogen-bond donors (Lipinski definition) is 0. The molecule has 184 valence electrons. The molecule has 0 spiro atoms. The molecule has 0 aromatic heterocycles. The number of carbonyl (C=O) groups is 1. The Morgan fingerprint density at radius 2 is 1.74 bits per heavy atom. The highest BCUT2D eigenvalue weighted by molar-refractivity contribution is 6.03. The number of rotatable bonds is 8. The average molecular weight is 472 g/mol. The fourth-order valence-corrected chi connectivity index (χ4v) is 5.71. The highest BCUT2D eigenvalue weighted by Crippen LogP contribution is 2.48. The largest absolute Gasteiger partial charge is 0.497 e. The predicted octanol–water partition coefficient (Wildman–Crippen LogP) is 6.94. The molecule has 0 fully saturated rings. The van der Waals surface area contributed by atoms with Crippen molar-refractivity contribution in [2.24, 2.45) is 0 Å². The lowest BCUT2D eigenvalue weighted by Gasteiger charge is -2.26. The van der Waals surface area contributed by atoms with E-state index in [0.717, 1.165) is 43.5 Å². The fraction of sp³-hybridized carbons (Fsp3) is 0.419. The maximum Gasteiger partial charge on any atom is 0.210 e. The number of allylic oxidation sites excluding steroid dienone is 4. The number of methoxy groups -OCH3 is 1. The maximum atomic E-state index is 11.4. The first kappa shape index (κ1) is 25.0. The second-order valence-corrected chi connectivity index (χ2v) is 10.6. The molecule has 2 aromatic carbocycles. The topological polar surface area (TPSA) is 32.5 Å². The van der Waals surface area contributed by atoms with Crippen LogP contribution in [-0.2, 0) is 10.8 Å². The SMILES string of the molecule is CCCN1/C(=C/C=CC2=[N+](CCC)c3ccc(OC)cc3C2(C)C)C(C)(C)c2cc(C=O)ccc21. The van der Waals surface area contributed by atoms with Gasteiger partial charge in [-0.25, -0.2) is 0 Å². The number of anilines is 1. The standard InChI is InChI=1S/C31H39N2O2/c1-8-17-32-26-15-13-22(21-34)19-24(26)30(3,4)28(32)11-10-12-29-31(5,6)25-20-23(35-7)14-16-27(25)33(29)18-9-2/h10-16,19-21H,8-9,17-18H2,1-7H3/q+1. The van der Waals surface area contributed by atoms with Crippen LogP contribution in [0.4, 0.5) is 11.4 Å². The van der Waals surface area contributed by atoms with Gasteiger partial charge in [0.2, 0.25) is 5.69 Å². The van der Waals surface area contributed by atoms with Gasteiger partial charge in [0.1, 0.15) is 18.6 Å². The van der Waals surface area contributed by atoms with E-state index >= 15 is 0 Å². The minimum atomic E-state index is -0.177. The summed E-state index contributed by atoms with van der Waals surface area (Å²) in [4.78, 5) is 13.9. The van der Waals surface area contributed by atoms with Crippen molar-refractivity contribution in [1.29, 1.82) is 0 Å². The highest BCUT2D eigenvalue weighted by Gasteiger charge is 2.44. The van der Waals surface area contributed by atoms with E-state index in [1.54, 1.807) is 7.11 Å². The molecular weight excluding hydrogens is 432 g/mol. The molecule has 0 amide bonds. The molecule has 0 atom stereocenters. The zero-order valence-electron chi connectivity index (χ0n) is 22.3. The monoisotopic (exact) mass is 471 g/mol. The van der Waals surface area contributed by atoms with Gasteiger partial charge in [0.15, 0.2) is 5.71 Å². The molecule has 0 aliphatic carbocycles. The molecule has 0 saturated heterocycles. The lowest BCUT2D eigenvalue weighted by molar-refractivity contribution is -0.437. The average Bonchev–Trinajstić information content (AvgIpc) is 3.18. The lowest BCUT2D eigenvalue weighted by Crippen LogP contribution is -2.28. The van der Waals surface area contributed by atoms with Crippen molar-refractivity contribution in [2.45, 2.75) is 65.2 Å². The van der Waals surface area contributed by atoms with Gasteiger partial charge in [-0.15, -0.1) is 0 Å². The third-order valence-electron chi connectivity index (χ3n) is 7.55. The molecule has 0 radical (unpaired) electrons. The summed E-state index contributed by atoms with van der Waals surface area (Å²) in [5.74, 6) is 0.899. The van der Waals surface area contributed by atoms with Crippen molar-refractivity contribution in [3.8, 4) is 5.75 Å². The Morgan fingerprint density at radius 3 is 2.40 bits per heavy atom. The van der Waals surface area contributed by atoms with Crippen molar-refractivity contribution in [1.82, 2.24) is 0 Å². The molecule has 0 bridgehead atoms. The first-order valence-corrected chi connectivity index (χ1v) is 12.8. The van der Waals surface area contributed by atoms with Gasteiger partial charge < -0.3 is 9.64 Å². The fourth-order valence-electron chi connectivity index (χ4n) is 5.71. The highest BCUT2D eigenvalue weighted by atomic mass is 16.5. The van der Waals surface area contributed by atoms with Gasteiger partial charge in [-0.3, -0.25) is 4.79 Å². The molecular formula is C31H39N2O2+. The number of nitrogens with zero attached hydrogens (tertiary/aromatic N) is 2. The Labute approximate surface area is 210 Å². The third kappa shape index (κ3) is 4.13. The Hall–Kier alpha value is -3.14. The number of carbonyl (C=O) groups excluding carboxylic acids is 1. The smallest absolute Gasteiger partial charge is 0.210 e. The van der Waals surface area contributed by atoms with Crippen LogP contribution in [0.5, 0.6) is 5.75 Å². The number of hydrogen-bond acceptors (Lipinski definition) is 3. The minimum Gasteiger partial charge on any atom is -0.497 e. The first-order chi connectivity index (χ1) is 16.7. The molecule has 2 aromatic rings. The molecule has 4 rings (SSSR count). The van der Waals surface area contributed by atoms with Gasteiger partial charge in [-0.05, 0) is 62.2 Å². The van der Waals surface area contributed by atoms with Crippen LogP contribution in [0, 0.1) is 0 Å². The van der Waals surface area contributed by atoms with Crippen molar-refractivity contribution >= 4 is 23.4 Å². The molecule has 4 heteroatoms. The lowest BCUT2D eigenvalue weighted by atomic mass is 9.81. The summed E-state index contributed by atoms with van der Waals surface area (Å²) in [6.07, 6.45) is 9.84. The van der Waals surface area contributed by atoms with Crippen molar-refractivity contribution < 1.29 is 14.1 Å². The van der Waals surface area contributed by atoms with Crippen LogP contribution in [0.15, 0.2) is 60.3 Å². The van der Waals surface area contributed by atoms with E-state index in [9.17, 15) is 4.79 Å². The van der Waals surface area contributed by atoms with E-state index in [1.165, 1.54) is 33.9 Å². The number of aldehydes is 1. The van der Waals surface area contributed by atoms with E-state index in [-0.39, 0.29) is 10.8 Å². The van der Waals surface area contributed by atoms with Crippen LogP contribution in [0.3, 0.4) is 0 Å². The van der Waals surface area contributed by atoms with Crippen LogP contribution < -0.4 is 9.64 Å². The molecule has 0 unspecified atom stereocenters. The van der Waals surface area contributed by atoms with E-state index in [2.05, 4.69) is 99.6 Å². The minimum absolute atomic E-state index is 0.121.